The lowest BCUT2D eigenvalue weighted by molar-refractivity contribution is 0.195. The zero-order chi connectivity index (χ0) is 9.97. The maximum atomic E-state index is 5.85. The number of halogens is 1. The van der Waals surface area contributed by atoms with Crippen molar-refractivity contribution < 1.29 is 4.74 Å². The highest BCUT2D eigenvalue weighted by Crippen LogP contribution is 2.22. The highest BCUT2D eigenvalue weighted by atomic mass is 35.5. The summed E-state index contributed by atoms with van der Waals surface area (Å²) in [6, 6.07) is 5.70. The van der Waals surface area contributed by atoms with Crippen molar-refractivity contribution in [3.8, 4) is 5.75 Å². The molecule has 14 heavy (non-hydrogen) atoms. The van der Waals surface area contributed by atoms with Crippen LogP contribution in [0.1, 0.15) is 5.56 Å². The lowest BCUT2D eigenvalue weighted by Crippen LogP contribution is -2.39. The molecule has 0 bridgehead atoms. The van der Waals surface area contributed by atoms with Crippen molar-refractivity contribution in [3.63, 3.8) is 0 Å². The van der Waals surface area contributed by atoms with E-state index < -0.39 is 0 Å². The molecule has 1 radical (unpaired) electrons. The fraction of sp³-hybridized carbons (Fsp3) is 0.455. The first-order chi connectivity index (χ1) is 6.75. The summed E-state index contributed by atoms with van der Waals surface area (Å²) in [5.74, 6) is 1.55. The van der Waals surface area contributed by atoms with Crippen LogP contribution in [0.25, 0.3) is 0 Å². The van der Waals surface area contributed by atoms with Gasteiger partial charge in [0.05, 0.1) is 6.61 Å². The highest BCUT2D eigenvalue weighted by molar-refractivity contribution is 6.30. The van der Waals surface area contributed by atoms with Crippen LogP contribution in [0.2, 0.25) is 5.02 Å². The Morgan fingerprint density at radius 2 is 2.29 bits per heavy atom. The molecule has 1 aromatic carbocycles. The van der Waals surface area contributed by atoms with Crippen molar-refractivity contribution in [1.82, 2.24) is 5.32 Å². The summed E-state index contributed by atoms with van der Waals surface area (Å²) in [7, 11) is 0. The number of rotatable bonds is 3. The van der Waals surface area contributed by atoms with Crippen LogP contribution in [-0.2, 0) is 0 Å². The first kappa shape index (κ1) is 9.81. The molecule has 0 aliphatic carbocycles. The van der Waals surface area contributed by atoms with Crippen LogP contribution in [0, 0.1) is 12.8 Å². The monoisotopic (exact) mass is 210 g/mol. The fourth-order valence-corrected chi connectivity index (χ4v) is 1.63. The number of hydrogen-bond acceptors (Lipinski definition) is 1. The molecule has 1 aliphatic rings. The van der Waals surface area contributed by atoms with Gasteiger partial charge in [-0.15, -0.1) is 0 Å². The van der Waals surface area contributed by atoms with Crippen molar-refractivity contribution in [1.29, 1.82) is 0 Å². The predicted molar refractivity (Wildman–Crippen MR) is 57.0 cm³/mol. The summed E-state index contributed by atoms with van der Waals surface area (Å²) < 4.78 is 5.68. The Bertz CT molecular complexity index is 323. The Labute approximate surface area is 89.2 Å². The Kier molecular flexibility index (Phi) is 2.94. The largest absolute Gasteiger partial charge is 0.493 e. The lowest BCUT2D eigenvalue weighted by Gasteiger charge is -2.25. The fourth-order valence-electron chi connectivity index (χ4n) is 1.40. The van der Waals surface area contributed by atoms with Crippen LogP contribution in [0.5, 0.6) is 5.75 Å². The summed E-state index contributed by atoms with van der Waals surface area (Å²) in [6.07, 6.45) is 0. The van der Waals surface area contributed by atoms with Crippen molar-refractivity contribution in [2.24, 2.45) is 5.92 Å². The number of hydrogen-bond donors (Lipinski definition) is 0. The SMILES string of the molecule is Cc1cc(Cl)ccc1OCC1C[N]C1. The molecule has 1 aromatic rings. The van der Waals surface area contributed by atoms with Gasteiger partial charge in [0, 0.05) is 24.0 Å². The van der Waals surface area contributed by atoms with Gasteiger partial charge in [-0.05, 0) is 30.7 Å². The minimum absolute atomic E-state index is 0.616. The molecular formula is C11H13ClNO. The Balaban J connectivity index is 1.94. The van der Waals surface area contributed by atoms with Gasteiger partial charge in [0.15, 0.2) is 0 Å². The second-order valence-corrected chi connectivity index (χ2v) is 4.11. The van der Waals surface area contributed by atoms with Gasteiger partial charge in [0.1, 0.15) is 5.75 Å². The second kappa shape index (κ2) is 4.20. The lowest BCUT2D eigenvalue weighted by atomic mass is 10.1. The second-order valence-electron chi connectivity index (χ2n) is 3.68. The van der Waals surface area contributed by atoms with Crippen molar-refractivity contribution in [2.45, 2.75) is 6.92 Å². The smallest absolute Gasteiger partial charge is 0.122 e. The number of nitrogens with zero attached hydrogens (tertiary/aromatic N) is 1. The van der Waals surface area contributed by atoms with E-state index in [-0.39, 0.29) is 0 Å². The average molecular weight is 211 g/mol. The minimum Gasteiger partial charge on any atom is -0.493 e. The molecule has 0 aromatic heterocycles. The van der Waals surface area contributed by atoms with Crippen molar-refractivity contribution in [2.75, 3.05) is 19.7 Å². The summed E-state index contributed by atoms with van der Waals surface area (Å²) in [4.78, 5) is 0. The summed E-state index contributed by atoms with van der Waals surface area (Å²) in [6.45, 7) is 4.68. The van der Waals surface area contributed by atoms with Gasteiger partial charge in [-0.2, -0.15) is 0 Å². The molecule has 75 valence electrons. The average Bonchev–Trinajstić information content (AvgIpc) is 2.05. The molecule has 1 heterocycles. The van der Waals surface area contributed by atoms with Gasteiger partial charge >= 0.3 is 0 Å². The topological polar surface area (TPSA) is 23.3 Å². The Hall–Kier alpha value is -0.730. The molecule has 0 amide bonds. The molecule has 0 saturated carbocycles. The van der Waals surface area contributed by atoms with E-state index in [1.54, 1.807) is 0 Å². The van der Waals surface area contributed by atoms with Crippen molar-refractivity contribution in [3.05, 3.63) is 28.8 Å². The third kappa shape index (κ3) is 2.20. The summed E-state index contributed by atoms with van der Waals surface area (Å²) >= 11 is 5.85. The van der Waals surface area contributed by atoms with E-state index in [9.17, 15) is 0 Å². The Morgan fingerprint density at radius 3 is 2.86 bits per heavy atom. The third-order valence-electron chi connectivity index (χ3n) is 2.39. The molecule has 1 saturated heterocycles. The summed E-state index contributed by atoms with van der Waals surface area (Å²) in [5.41, 5.74) is 1.09. The maximum Gasteiger partial charge on any atom is 0.122 e. The molecule has 0 spiro atoms. The standard InChI is InChI=1S/C11H13ClNO/c1-8-4-10(12)2-3-11(8)14-7-9-5-13-6-9/h2-4,9H,5-7H2,1H3. The van der Waals surface area contributed by atoms with E-state index in [1.807, 2.05) is 25.1 Å². The molecular weight excluding hydrogens is 198 g/mol. The van der Waals surface area contributed by atoms with Crippen molar-refractivity contribution >= 4 is 11.6 Å². The number of benzene rings is 1. The van der Waals surface area contributed by atoms with Crippen LogP contribution >= 0.6 is 11.6 Å². The van der Waals surface area contributed by atoms with Crippen LogP contribution in [0.15, 0.2) is 18.2 Å². The maximum absolute atomic E-state index is 5.85. The molecule has 3 heteroatoms. The molecule has 2 rings (SSSR count). The van der Waals surface area contributed by atoms with Crippen LogP contribution < -0.4 is 10.1 Å². The van der Waals surface area contributed by atoms with E-state index in [4.69, 9.17) is 16.3 Å². The molecule has 0 N–H and O–H groups in total. The Morgan fingerprint density at radius 1 is 1.50 bits per heavy atom. The first-order valence-corrected chi connectivity index (χ1v) is 5.15. The third-order valence-corrected chi connectivity index (χ3v) is 2.62. The highest BCUT2D eigenvalue weighted by Gasteiger charge is 2.18. The molecule has 1 fully saturated rings. The molecule has 2 nitrogen and oxygen atoms in total. The van der Waals surface area contributed by atoms with E-state index >= 15 is 0 Å². The van der Waals surface area contributed by atoms with E-state index in [0.717, 1.165) is 36.0 Å². The van der Waals surface area contributed by atoms with Gasteiger partial charge < -0.3 is 4.74 Å². The molecule has 1 aliphatic heterocycles. The number of aryl methyl sites for hydroxylation is 1. The van der Waals surface area contributed by atoms with E-state index in [2.05, 4.69) is 5.32 Å². The normalized spacial score (nSPS) is 16.4. The van der Waals surface area contributed by atoms with E-state index in [1.165, 1.54) is 0 Å². The number of ether oxygens (including phenoxy) is 1. The van der Waals surface area contributed by atoms with Gasteiger partial charge in [0.2, 0.25) is 0 Å². The van der Waals surface area contributed by atoms with Crippen LogP contribution in [0.3, 0.4) is 0 Å². The van der Waals surface area contributed by atoms with Crippen LogP contribution in [-0.4, -0.2) is 19.7 Å². The molecule has 0 unspecified atom stereocenters. The minimum atomic E-state index is 0.616. The van der Waals surface area contributed by atoms with Gasteiger partial charge in [-0.25, -0.2) is 5.32 Å². The van der Waals surface area contributed by atoms with Gasteiger partial charge in [-0.3, -0.25) is 0 Å². The summed E-state index contributed by atoms with van der Waals surface area (Å²) in [5, 5.41) is 4.90. The first-order valence-electron chi connectivity index (χ1n) is 4.78. The zero-order valence-electron chi connectivity index (χ0n) is 8.16. The predicted octanol–water partition coefficient (Wildman–Crippen LogP) is 2.26. The van der Waals surface area contributed by atoms with Gasteiger partial charge in [0.25, 0.3) is 0 Å². The van der Waals surface area contributed by atoms with E-state index in [0.29, 0.717) is 5.92 Å². The van der Waals surface area contributed by atoms with Crippen LogP contribution in [0.4, 0.5) is 0 Å². The zero-order valence-corrected chi connectivity index (χ0v) is 8.92. The quantitative estimate of drug-likeness (QED) is 0.751. The van der Waals surface area contributed by atoms with Gasteiger partial charge in [-0.1, -0.05) is 11.6 Å². The molecule has 0 atom stereocenters.